The molecule has 106 valence electrons. The van der Waals surface area contributed by atoms with Gasteiger partial charge >= 0.3 is 0 Å². The molecule has 1 nitrogen and oxygen atoms in total. The summed E-state index contributed by atoms with van der Waals surface area (Å²) in [6, 6.07) is 17.4. The van der Waals surface area contributed by atoms with Gasteiger partial charge in [-0.05, 0) is 48.1 Å². The van der Waals surface area contributed by atoms with Crippen LogP contribution in [-0.2, 0) is 6.42 Å². The van der Waals surface area contributed by atoms with Gasteiger partial charge in [0.15, 0.2) is 0 Å². The number of aryl methyl sites for hydroxylation is 1. The molecule has 1 aliphatic rings. The van der Waals surface area contributed by atoms with E-state index in [0.717, 1.165) is 12.8 Å². The Balaban J connectivity index is 1.98. The second-order valence-electron chi connectivity index (χ2n) is 5.77. The van der Waals surface area contributed by atoms with Crippen LogP contribution in [0.25, 0.3) is 0 Å². The van der Waals surface area contributed by atoms with Crippen molar-refractivity contribution in [1.82, 2.24) is 0 Å². The average molecular weight is 275 g/mol. The van der Waals surface area contributed by atoms with E-state index in [1.54, 1.807) is 0 Å². The Hall–Kier alpha value is -2.15. The molecule has 1 atom stereocenters. The van der Waals surface area contributed by atoms with Crippen LogP contribution in [0.3, 0.4) is 0 Å². The third-order valence-electron chi connectivity index (χ3n) is 4.42. The molecule has 0 saturated heterocycles. The minimum absolute atomic E-state index is 0.426. The first-order valence-corrected chi connectivity index (χ1v) is 7.56. The molecule has 0 bridgehead atoms. The molecule has 3 rings (SSSR count). The normalized spacial score (nSPS) is 15.0. The van der Waals surface area contributed by atoms with Gasteiger partial charge in [-0.3, -0.25) is 4.99 Å². The summed E-state index contributed by atoms with van der Waals surface area (Å²) in [5.41, 5.74) is 7.02. The van der Waals surface area contributed by atoms with Gasteiger partial charge in [0.1, 0.15) is 0 Å². The summed E-state index contributed by atoms with van der Waals surface area (Å²) in [4.78, 5) is 4.32. The lowest BCUT2D eigenvalue weighted by molar-refractivity contribution is 0.769. The summed E-state index contributed by atoms with van der Waals surface area (Å²) >= 11 is 0. The van der Waals surface area contributed by atoms with Gasteiger partial charge in [-0.1, -0.05) is 48.5 Å². The topological polar surface area (TPSA) is 12.4 Å². The lowest BCUT2D eigenvalue weighted by Crippen LogP contribution is -2.08. The van der Waals surface area contributed by atoms with Crippen molar-refractivity contribution in [3.05, 3.63) is 82.6 Å². The van der Waals surface area contributed by atoms with E-state index in [4.69, 9.17) is 0 Å². The highest BCUT2D eigenvalue weighted by atomic mass is 14.7. The molecule has 0 saturated carbocycles. The quantitative estimate of drug-likeness (QED) is 0.745. The molecule has 0 amide bonds. The molecule has 0 N–H and O–H groups in total. The fraction of sp³-hybridized carbons (Fsp3) is 0.250. The van der Waals surface area contributed by atoms with Crippen LogP contribution < -0.4 is 0 Å². The van der Waals surface area contributed by atoms with Gasteiger partial charge in [0.2, 0.25) is 0 Å². The molecule has 0 aliphatic carbocycles. The zero-order valence-electron chi connectivity index (χ0n) is 12.7. The van der Waals surface area contributed by atoms with E-state index < -0.39 is 0 Å². The summed E-state index contributed by atoms with van der Waals surface area (Å²) in [7, 11) is 0. The zero-order valence-corrected chi connectivity index (χ0v) is 12.7. The Bertz CT molecular complexity index is 680. The number of allylic oxidation sites excluding steroid dienone is 1. The molecule has 2 aromatic carbocycles. The molecule has 0 fully saturated rings. The lowest BCUT2D eigenvalue weighted by atomic mass is 9.82. The summed E-state index contributed by atoms with van der Waals surface area (Å²) in [6.45, 7) is 4.43. The van der Waals surface area contributed by atoms with Crippen molar-refractivity contribution in [2.75, 3.05) is 0 Å². The van der Waals surface area contributed by atoms with Crippen LogP contribution in [0, 0.1) is 13.8 Å². The average Bonchev–Trinajstić information content (AvgIpc) is 3.03. The molecule has 2 aromatic rings. The fourth-order valence-electron chi connectivity index (χ4n) is 3.03. The fourth-order valence-corrected chi connectivity index (χ4v) is 3.03. The highest BCUT2D eigenvalue weighted by Crippen LogP contribution is 2.34. The molecular formula is C20H21N. The Kier molecular flexibility index (Phi) is 4.01. The van der Waals surface area contributed by atoms with E-state index in [9.17, 15) is 0 Å². The molecule has 1 heteroatoms. The van der Waals surface area contributed by atoms with Crippen molar-refractivity contribution < 1.29 is 0 Å². The first kappa shape index (κ1) is 13.8. The van der Waals surface area contributed by atoms with Gasteiger partial charge in [0, 0.05) is 24.8 Å². The van der Waals surface area contributed by atoms with E-state index >= 15 is 0 Å². The van der Waals surface area contributed by atoms with E-state index in [0.29, 0.717) is 5.92 Å². The van der Waals surface area contributed by atoms with Crippen molar-refractivity contribution in [2.45, 2.75) is 32.6 Å². The zero-order chi connectivity index (χ0) is 14.7. The van der Waals surface area contributed by atoms with Crippen LogP contribution in [0.2, 0.25) is 0 Å². The SMILES string of the molecule is Cc1cccc(C(Cc2ccccc2)C2=CN=CC2)c1C. The number of aliphatic imine (C=N–C) groups is 1. The van der Waals surface area contributed by atoms with Crippen LogP contribution >= 0.6 is 0 Å². The molecule has 0 aromatic heterocycles. The summed E-state index contributed by atoms with van der Waals surface area (Å²) in [6.07, 6.45) is 6.08. The lowest BCUT2D eigenvalue weighted by Gasteiger charge is -2.22. The molecule has 21 heavy (non-hydrogen) atoms. The molecule has 1 unspecified atom stereocenters. The smallest absolute Gasteiger partial charge is 0.0266 e. The first-order valence-electron chi connectivity index (χ1n) is 7.56. The summed E-state index contributed by atoms with van der Waals surface area (Å²) < 4.78 is 0. The van der Waals surface area contributed by atoms with Gasteiger partial charge in [-0.25, -0.2) is 0 Å². The predicted molar refractivity (Wildman–Crippen MR) is 90.0 cm³/mol. The highest BCUT2D eigenvalue weighted by molar-refractivity contribution is 5.66. The third-order valence-corrected chi connectivity index (χ3v) is 4.42. The van der Waals surface area contributed by atoms with Crippen molar-refractivity contribution in [1.29, 1.82) is 0 Å². The van der Waals surface area contributed by atoms with Gasteiger partial charge in [0.25, 0.3) is 0 Å². The van der Waals surface area contributed by atoms with Crippen molar-refractivity contribution in [3.8, 4) is 0 Å². The van der Waals surface area contributed by atoms with E-state index in [1.165, 1.54) is 27.8 Å². The predicted octanol–water partition coefficient (Wildman–Crippen LogP) is 4.99. The highest BCUT2D eigenvalue weighted by Gasteiger charge is 2.20. The standard InChI is InChI=1S/C20H21N/c1-15-7-6-10-19(16(15)2)20(18-11-12-21-14-18)13-17-8-4-3-5-9-17/h3-10,12,14,20H,11,13H2,1-2H3. The van der Waals surface area contributed by atoms with Gasteiger partial charge in [0.05, 0.1) is 0 Å². The first-order chi connectivity index (χ1) is 10.3. The Morgan fingerprint density at radius 3 is 2.52 bits per heavy atom. The Morgan fingerprint density at radius 1 is 1.00 bits per heavy atom. The van der Waals surface area contributed by atoms with Gasteiger partial charge in [-0.2, -0.15) is 0 Å². The van der Waals surface area contributed by atoms with Crippen LogP contribution in [-0.4, -0.2) is 6.21 Å². The van der Waals surface area contributed by atoms with Gasteiger partial charge in [-0.15, -0.1) is 0 Å². The maximum absolute atomic E-state index is 4.32. The molecule has 1 aliphatic heterocycles. The van der Waals surface area contributed by atoms with Crippen LogP contribution in [0.15, 0.2) is 65.3 Å². The summed E-state index contributed by atoms with van der Waals surface area (Å²) in [5, 5.41) is 0. The van der Waals surface area contributed by atoms with E-state index in [1.807, 2.05) is 6.21 Å². The third kappa shape index (κ3) is 2.97. The second kappa shape index (κ2) is 6.09. The van der Waals surface area contributed by atoms with Crippen LogP contribution in [0.4, 0.5) is 0 Å². The summed E-state index contributed by atoms with van der Waals surface area (Å²) in [5.74, 6) is 0.426. The molecular weight excluding hydrogens is 254 g/mol. The van der Waals surface area contributed by atoms with E-state index in [-0.39, 0.29) is 0 Å². The number of rotatable bonds is 4. The minimum atomic E-state index is 0.426. The Morgan fingerprint density at radius 2 is 1.81 bits per heavy atom. The monoisotopic (exact) mass is 275 g/mol. The Labute approximate surface area is 127 Å². The van der Waals surface area contributed by atoms with Gasteiger partial charge < -0.3 is 0 Å². The molecule has 0 spiro atoms. The number of hydrogen-bond acceptors (Lipinski definition) is 1. The van der Waals surface area contributed by atoms with Crippen LogP contribution in [0.1, 0.15) is 34.6 Å². The van der Waals surface area contributed by atoms with Crippen LogP contribution in [0.5, 0.6) is 0 Å². The molecule has 0 radical (unpaired) electrons. The second-order valence-corrected chi connectivity index (χ2v) is 5.77. The number of benzene rings is 2. The molecule has 1 heterocycles. The maximum Gasteiger partial charge on any atom is 0.0266 e. The van der Waals surface area contributed by atoms with E-state index in [2.05, 4.69) is 73.6 Å². The van der Waals surface area contributed by atoms with Crippen molar-refractivity contribution in [2.24, 2.45) is 4.99 Å². The number of nitrogens with zero attached hydrogens (tertiary/aromatic N) is 1. The van der Waals surface area contributed by atoms with Crippen molar-refractivity contribution in [3.63, 3.8) is 0 Å². The maximum atomic E-state index is 4.32. The largest absolute Gasteiger partial charge is 0.269 e. The van der Waals surface area contributed by atoms with Crippen molar-refractivity contribution >= 4 is 6.21 Å². The number of hydrogen-bond donors (Lipinski definition) is 0. The minimum Gasteiger partial charge on any atom is -0.269 e.